The van der Waals surface area contributed by atoms with E-state index in [4.69, 9.17) is 0 Å². The Kier molecular flexibility index (Phi) is 3.91. The summed E-state index contributed by atoms with van der Waals surface area (Å²) < 4.78 is 0. The van der Waals surface area contributed by atoms with Gasteiger partial charge in [0.2, 0.25) is 5.91 Å². The lowest BCUT2D eigenvalue weighted by atomic mass is 9.82. The highest BCUT2D eigenvalue weighted by molar-refractivity contribution is 6.01. The Balaban J connectivity index is 1.68. The first-order valence-corrected chi connectivity index (χ1v) is 7.86. The van der Waals surface area contributed by atoms with E-state index >= 15 is 0 Å². The molecule has 3 amide bonds. The Morgan fingerprint density at radius 2 is 1.95 bits per heavy atom. The van der Waals surface area contributed by atoms with E-state index in [0.29, 0.717) is 6.54 Å². The van der Waals surface area contributed by atoms with Crippen molar-refractivity contribution in [3.63, 3.8) is 0 Å². The Morgan fingerprint density at radius 1 is 1.18 bits per heavy atom. The number of hydrogen-bond acceptors (Lipinski definition) is 3. The highest BCUT2D eigenvalue weighted by atomic mass is 16.2. The van der Waals surface area contributed by atoms with Gasteiger partial charge in [0.05, 0.1) is 6.54 Å². The van der Waals surface area contributed by atoms with E-state index in [9.17, 15) is 9.59 Å². The zero-order valence-corrected chi connectivity index (χ0v) is 13.3. The SMILES string of the molecule is CC1(C)CN(CCN2C(=O)CNC2=O)CCc2ccccc21. The molecule has 5 heteroatoms. The summed E-state index contributed by atoms with van der Waals surface area (Å²) in [5.41, 5.74) is 2.89. The number of nitrogens with zero attached hydrogens (tertiary/aromatic N) is 2. The molecule has 1 aromatic carbocycles. The third-order valence-corrected chi connectivity index (χ3v) is 4.64. The van der Waals surface area contributed by atoms with Gasteiger partial charge in [-0.25, -0.2) is 4.79 Å². The van der Waals surface area contributed by atoms with Gasteiger partial charge < -0.3 is 10.2 Å². The topological polar surface area (TPSA) is 52.6 Å². The highest BCUT2D eigenvalue weighted by Gasteiger charge is 2.31. The Bertz CT molecular complexity index is 581. The van der Waals surface area contributed by atoms with Gasteiger partial charge in [-0.3, -0.25) is 9.69 Å². The molecule has 1 saturated heterocycles. The molecule has 3 rings (SSSR count). The molecule has 2 aliphatic heterocycles. The van der Waals surface area contributed by atoms with Gasteiger partial charge in [-0.1, -0.05) is 38.1 Å². The number of fused-ring (bicyclic) bond motifs is 1. The van der Waals surface area contributed by atoms with Crippen LogP contribution < -0.4 is 5.32 Å². The molecular formula is C17H23N3O2. The van der Waals surface area contributed by atoms with Crippen LogP contribution in [-0.4, -0.2) is 54.5 Å². The quantitative estimate of drug-likeness (QED) is 0.858. The molecule has 0 saturated carbocycles. The highest BCUT2D eigenvalue weighted by Crippen LogP contribution is 2.30. The number of carbonyl (C=O) groups is 2. The van der Waals surface area contributed by atoms with Crippen LogP contribution in [0.2, 0.25) is 0 Å². The van der Waals surface area contributed by atoms with E-state index in [1.807, 2.05) is 0 Å². The average molecular weight is 301 g/mol. The maximum Gasteiger partial charge on any atom is 0.324 e. The van der Waals surface area contributed by atoms with Crippen LogP contribution in [0.15, 0.2) is 24.3 Å². The summed E-state index contributed by atoms with van der Waals surface area (Å²) in [7, 11) is 0. The minimum Gasteiger partial charge on any atom is -0.329 e. The van der Waals surface area contributed by atoms with Crippen LogP contribution in [0, 0.1) is 0 Å². The van der Waals surface area contributed by atoms with Crippen LogP contribution in [0.4, 0.5) is 4.79 Å². The lowest BCUT2D eigenvalue weighted by Gasteiger charge is -2.31. The minimum atomic E-state index is -0.262. The Hall–Kier alpha value is -1.88. The fourth-order valence-electron chi connectivity index (χ4n) is 3.51. The van der Waals surface area contributed by atoms with Gasteiger partial charge in [-0.05, 0) is 17.5 Å². The fourth-order valence-corrected chi connectivity index (χ4v) is 3.51. The number of nitrogens with one attached hydrogen (secondary N) is 1. The van der Waals surface area contributed by atoms with Crippen molar-refractivity contribution in [1.82, 2.24) is 15.1 Å². The van der Waals surface area contributed by atoms with E-state index < -0.39 is 0 Å². The normalized spacial score (nSPS) is 21.5. The standard InChI is InChI=1S/C17H23N3O2/c1-17(2)12-19(8-7-13-5-3-4-6-14(13)17)9-10-20-15(21)11-18-16(20)22/h3-6H,7-12H2,1-2H3,(H,18,22). The summed E-state index contributed by atoms with van der Waals surface area (Å²) in [6.07, 6.45) is 1.01. The van der Waals surface area contributed by atoms with E-state index in [1.165, 1.54) is 16.0 Å². The van der Waals surface area contributed by atoms with E-state index in [2.05, 4.69) is 48.3 Å². The minimum absolute atomic E-state index is 0.0738. The molecule has 5 nitrogen and oxygen atoms in total. The Labute approximate surface area is 131 Å². The van der Waals surface area contributed by atoms with Crippen molar-refractivity contribution in [1.29, 1.82) is 0 Å². The van der Waals surface area contributed by atoms with Gasteiger partial charge in [0.25, 0.3) is 0 Å². The monoisotopic (exact) mass is 301 g/mol. The van der Waals surface area contributed by atoms with Crippen LogP contribution in [0.25, 0.3) is 0 Å². The lowest BCUT2D eigenvalue weighted by Crippen LogP contribution is -2.42. The van der Waals surface area contributed by atoms with Gasteiger partial charge in [-0.2, -0.15) is 0 Å². The predicted octanol–water partition coefficient (Wildman–Crippen LogP) is 1.37. The maximum atomic E-state index is 11.7. The first kappa shape index (κ1) is 15.0. The van der Waals surface area contributed by atoms with Crippen LogP contribution in [0.3, 0.4) is 0 Å². The van der Waals surface area contributed by atoms with Gasteiger partial charge in [0.15, 0.2) is 0 Å². The molecule has 0 atom stereocenters. The van der Waals surface area contributed by atoms with Crippen LogP contribution in [0.5, 0.6) is 0 Å². The average Bonchev–Trinajstić information content (AvgIpc) is 2.73. The number of hydrogen-bond donors (Lipinski definition) is 1. The third kappa shape index (κ3) is 2.86. The van der Waals surface area contributed by atoms with E-state index in [1.54, 1.807) is 0 Å². The summed E-state index contributed by atoms with van der Waals surface area (Å²) in [6.45, 7) is 7.76. The predicted molar refractivity (Wildman–Crippen MR) is 84.7 cm³/mol. The van der Waals surface area contributed by atoms with Crippen molar-refractivity contribution >= 4 is 11.9 Å². The lowest BCUT2D eigenvalue weighted by molar-refractivity contribution is -0.125. The molecule has 2 heterocycles. The largest absolute Gasteiger partial charge is 0.329 e. The van der Waals surface area contributed by atoms with Crippen molar-refractivity contribution in [3.05, 3.63) is 35.4 Å². The molecule has 22 heavy (non-hydrogen) atoms. The molecule has 0 unspecified atom stereocenters. The van der Waals surface area contributed by atoms with Crippen molar-refractivity contribution in [2.24, 2.45) is 0 Å². The third-order valence-electron chi connectivity index (χ3n) is 4.64. The Morgan fingerprint density at radius 3 is 2.68 bits per heavy atom. The van der Waals surface area contributed by atoms with Gasteiger partial charge in [-0.15, -0.1) is 0 Å². The van der Waals surface area contributed by atoms with Crippen LogP contribution >= 0.6 is 0 Å². The molecule has 0 spiro atoms. The molecule has 1 aromatic rings. The number of amides is 3. The van der Waals surface area contributed by atoms with Gasteiger partial charge in [0, 0.05) is 31.6 Å². The first-order chi connectivity index (χ1) is 10.5. The molecule has 0 aromatic heterocycles. The van der Waals surface area contributed by atoms with Crippen LogP contribution in [0.1, 0.15) is 25.0 Å². The number of benzene rings is 1. The van der Waals surface area contributed by atoms with Crippen LogP contribution in [-0.2, 0) is 16.6 Å². The van der Waals surface area contributed by atoms with Gasteiger partial charge >= 0.3 is 6.03 Å². The molecular weight excluding hydrogens is 278 g/mol. The second-order valence-electron chi connectivity index (χ2n) is 6.77. The molecule has 1 N–H and O–H groups in total. The smallest absolute Gasteiger partial charge is 0.324 e. The second kappa shape index (κ2) is 5.72. The number of imide groups is 1. The summed E-state index contributed by atoms with van der Waals surface area (Å²) in [5.74, 6) is -0.123. The summed E-state index contributed by atoms with van der Waals surface area (Å²) in [5, 5.41) is 2.57. The zero-order valence-electron chi connectivity index (χ0n) is 13.3. The zero-order chi connectivity index (χ0) is 15.7. The van der Waals surface area contributed by atoms with Crippen molar-refractivity contribution in [2.45, 2.75) is 25.7 Å². The van der Waals surface area contributed by atoms with E-state index in [0.717, 1.165) is 26.1 Å². The molecule has 0 aliphatic carbocycles. The van der Waals surface area contributed by atoms with Gasteiger partial charge in [0.1, 0.15) is 0 Å². The first-order valence-electron chi connectivity index (χ1n) is 7.86. The fraction of sp³-hybridized carbons (Fsp3) is 0.529. The number of rotatable bonds is 3. The summed E-state index contributed by atoms with van der Waals surface area (Å²) in [4.78, 5) is 26.9. The maximum absolute atomic E-state index is 11.7. The van der Waals surface area contributed by atoms with E-state index in [-0.39, 0.29) is 23.9 Å². The molecule has 1 fully saturated rings. The molecule has 0 radical (unpaired) electrons. The van der Waals surface area contributed by atoms with Crippen molar-refractivity contribution < 1.29 is 9.59 Å². The summed E-state index contributed by atoms with van der Waals surface area (Å²) in [6, 6.07) is 8.36. The molecule has 118 valence electrons. The van der Waals surface area contributed by atoms with Crippen molar-refractivity contribution in [3.8, 4) is 0 Å². The van der Waals surface area contributed by atoms with Crippen molar-refractivity contribution in [2.75, 3.05) is 32.7 Å². The molecule has 2 aliphatic rings. The second-order valence-corrected chi connectivity index (χ2v) is 6.77. The number of urea groups is 1. The molecule has 0 bridgehead atoms. The number of carbonyl (C=O) groups excluding carboxylic acids is 2. The summed E-state index contributed by atoms with van der Waals surface area (Å²) >= 11 is 0.